The zero-order valence-corrected chi connectivity index (χ0v) is 16.1. The zero-order chi connectivity index (χ0) is 16.7. The highest BCUT2D eigenvalue weighted by Gasteiger charge is 2.10. The van der Waals surface area contributed by atoms with E-state index in [-0.39, 0.29) is 0 Å². The van der Waals surface area contributed by atoms with Crippen LogP contribution in [0.1, 0.15) is 93.9 Å². The third kappa shape index (κ3) is 11.6. The normalized spacial score (nSPS) is 28.0. The lowest BCUT2D eigenvalue weighted by Gasteiger charge is -2.14. The molecule has 1 rings (SSSR count). The van der Waals surface area contributed by atoms with Crippen molar-refractivity contribution in [1.29, 1.82) is 0 Å². The molecule has 0 N–H and O–H groups in total. The molecule has 0 fully saturated rings. The summed E-state index contributed by atoms with van der Waals surface area (Å²) in [5, 5.41) is 0. The summed E-state index contributed by atoms with van der Waals surface area (Å²) < 4.78 is 0. The van der Waals surface area contributed by atoms with Crippen molar-refractivity contribution in [3.8, 4) is 11.8 Å². The molecule has 0 amide bonds. The predicted octanol–water partition coefficient (Wildman–Crippen LogP) is 7.25. The van der Waals surface area contributed by atoms with Gasteiger partial charge in [0.15, 0.2) is 0 Å². The smallest absolute Gasteiger partial charge is 0.0204 e. The Hall–Kier alpha value is -0.700. The van der Waals surface area contributed by atoms with Gasteiger partial charge in [-0.1, -0.05) is 79.7 Å². The largest absolute Gasteiger partial charge is 0.0948 e. The average Bonchev–Trinajstić information content (AvgIpc) is 2.57. The minimum absolute atomic E-state index is 0.612. The Balaban J connectivity index is 0. The van der Waals surface area contributed by atoms with Crippen LogP contribution < -0.4 is 0 Å². The zero-order valence-electron chi connectivity index (χ0n) is 16.1. The molecule has 1 aliphatic carbocycles. The molecule has 0 bridgehead atoms. The van der Waals surface area contributed by atoms with Crippen molar-refractivity contribution in [3.05, 3.63) is 11.6 Å². The van der Waals surface area contributed by atoms with Crippen molar-refractivity contribution in [2.45, 2.75) is 93.9 Å². The molecule has 0 saturated heterocycles. The standard InChI is InChI=1S/C17H28.2C2H6/c1-5-16-10-9-14(3)7-8-15(4)13-17(6-2)12-11-16;2*1-2/h13-16H,5-10H2,1-4H3;2*1-2H3/b17-13-;;. The van der Waals surface area contributed by atoms with E-state index in [2.05, 4.69) is 45.6 Å². The molecule has 0 aliphatic heterocycles. The highest BCUT2D eigenvalue weighted by molar-refractivity contribution is 5.29. The molecule has 1 aliphatic rings. The van der Waals surface area contributed by atoms with Gasteiger partial charge in [-0.05, 0) is 49.5 Å². The summed E-state index contributed by atoms with van der Waals surface area (Å²) >= 11 is 0. The van der Waals surface area contributed by atoms with Gasteiger partial charge in [-0.3, -0.25) is 0 Å². The SMILES string of the molecule is CC.CC.CC/C1=C/C(C)CCC(C)CCC(CC)C#C1. The van der Waals surface area contributed by atoms with E-state index in [1.165, 1.54) is 37.7 Å². The lowest BCUT2D eigenvalue weighted by molar-refractivity contribution is 0.406. The molecule has 0 aromatic heterocycles. The molecule has 0 heteroatoms. The minimum Gasteiger partial charge on any atom is -0.0948 e. The fraction of sp³-hybridized carbons (Fsp3) is 0.810. The lowest BCUT2D eigenvalue weighted by atomic mass is 9.91. The molecular formula is C21H40. The van der Waals surface area contributed by atoms with E-state index in [0.29, 0.717) is 11.8 Å². The van der Waals surface area contributed by atoms with Gasteiger partial charge in [-0.15, -0.1) is 0 Å². The van der Waals surface area contributed by atoms with Crippen molar-refractivity contribution in [1.82, 2.24) is 0 Å². The van der Waals surface area contributed by atoms with E-state index in [9.17, 15) is 0 Å². The first kappa shape index (κ1) is 22.6. The van der Waals surface area contributed by atoms with Crippen molar-refractivity contribution >= 4 is 0 Å². The lowest BCUT2D eigenvalue weighted by Crippen LogP contribution is -2.02. The number of allylic oxidation sites excluding steroid dienone is 2. The fourth-order valence-electron chi connectivity index (χ4n) is 2.43. The Labute approximate surface area is 135 Å². The predicted molar refractivity (Wildman–Crippen MR) is 99.4 cm³/mol. The Bertz CT molecular complexity index is 300. The summed E-state index contributed by atoms with van der Waals surface area (Å²) in [7, 11) is 0. The molecule has 0 saturated carbocycles. The third-order valence-electron chi connectivity index (χ3n) is 3.92. The van der Waals surface area contributed by atoms with Crippen LogP contribution in [0.5, 0.6) is 0 Å². The molecule has 3 atom stereocenters. The maximum absolute atomic E-state index is 3.49. The van der Waals surface area contributed by atoms with Crippen LogP contribution in [0, 0.1) is 29.6 Å². The van der Waals surface area contributed by atoms with Gasteiger partial charge in [-0.2, -0.15) is 0 Å². The van der Waals surface area contributed by atoms with Crippen LogP contribution in [0.3, 0.4) is 0 Å². The quantitative estimate of drug-likeness (QED) is 0.470. The highest BCUT2D eigenvalue weighted by Crippen LogP contribution is 2.23. The van der Waals surface area contributed by atoms with Gasteiger partial charge < -0.3 is 0 Å². The number of hydrogen-bond donors (Lipinski definition) is 0. The summed E-state index contributed by atoms with van der Waals surface area (Å²) in [6.07, 6.45) is 10.0. The van der Waals surface area contributed by atoms with Gasteiger partial charge in [0.2, 0.25) is 0 Å². The Morgan fingerprint density at radius 2 is 1.52 bits per heavy atom. The highest BCUT2D eigenvalue weighted by atomic mass is 14.1. The van der Waals surface area contributed by atoms with Crippen molar-refractivity contribution in [3.63, 3.8) is 0 Å². The van der Waals surface area contributed by atoms with Gasteiger partial charge in [0, 0.05) is 5.92 Å². The topological polar surface area (TPSA) is 0 Å². The van der Waals surface area contributed by atoms with Crippen LogP contribution in [0.25, 0.3) is 0 Å². The third-order valence-corrected chi connectivity index (χ3v) is 3.92. The maximum Gasteiger partial charge on any atom is 0.0204 e. The summed E-state index contributed by atoms with van der Waals surface area (Å²) in [5.74, 6) is 9.09. The van der Waals surface area contributed by atoms with Crippen LogP contribution in [-0.4, -0.2) is 0 Å². The molecule has 0 aromatic rings. The van der Waals surface area contributed by atoms with Crippen LogP contribution in [0.15, 0.2) is 11.6 Å². The maximum atomic E-state index is 3.49. The molecule has 0 nitrogen and oxygen atoms in total. The van der Waals surface area contributed by atoms with Crippen LogP contribution in [0.2, 0.25) is 0 Å². The number of rotatable bonds is 2. The van der Waals surface area contributed by atoms with E-state index >= 15 is 0 Å². The number of hydrogen-bond acceptors (Lipinski definition) is 0. The van der Waals surface area contributed by atoms with Crippen LogP contribution >= 0.6 is 0 Å². The van der Waals surface area contributed by atoms with Gasteiger partial charge >= 0.3 is 0 Å². The first-order valence-electron chi connectivity index (χ1n) is 9.37. The summed E-state index contributed by atoms with van der Waals surface area (Å²) in [5.41, 5.74) is 1.35. The fourth-order valence-corrected chi connectivity index (χ4v) is 2.43. The Kier molecular flexibility index (Phi) is 16.9. The first-order chi connectivity index (χ1) is 10.2. The van der Waals surface area contributed by atoms with E-state index in [4.69, 9.17) is 0 Å². The van der Waals surface area contributed by atoms with Crippen molar-refractivity contribution < 1.29 is 0 Å². The monoisotopic (exact) mass is 292 g/mol. The molecule has 21 heavy (non-hydrogen) atoms. The van der Waals surface area contributed by atoms with E-state index in [0.717, 1.165) is 12.3 Å². The van der Waals surface area contributed by atoms with Crippen molar-refractivity contribution in [2.24, 2.45) is 17.8 Å². The van der Waals surface area contributed by atoms with Crippen molar-refractivity contribution in [2.75, 3.05) is 0 Å². The molecule has 0 spiro atoms. The Morgan fingerprint density at radius 3 is 2.05 bits per heavy atom. The summed E-state index contributed by atoms with van der Waals surface area (Å²) in [4.78, 5) is 0. The second kappa shape index (κ2) is 15.7. The molecule has 3 unspecified atom stereocenters. The van der Waals surface area contributed by atoms with Crippen LogP contribution in [0.4, 0.5) is 0 Å². The average molecular weight is 293 g/mol. The summed E-state index contributed by atoms with van der Waals surface area (Å²) in [6, 6.07) is 0. The van der Waals surface area contributed by atoms with Gasteiger partial charge in [0.1, 0.15) is 0 Å². The Morgan fingerprint density at radius 1 is 0.952 bits per heavy atom. The second-order valence-electron chi connectivity index (χ2n) is 5.66. The molecular weight excluding hydrogens is 252 g/mol. The second-order valence-corrected chi connectivity index (χ2v) is 5.66. The van der Waals surface area contributed by atoms with Crippen LogP contribution in [-0.2, 0) is 0 Å². The summed E-state index contributed by atoms with van der Waals surface area (Å²) in [6.45, 7) is 17.2. The molecule has 0 aromatic carbocycles. The van der Waals surface area contributed by atoms with E-state index in [1.807, 2.05) is 27.7 Å². The van der Waals surface area contributed by atoms with Gasteiger partial charge in [-0.25, -0.2) is 0 Å². The molecule has 0 radical (unpaired) electrons. The van der Waals surface area contributed by atoms with E-state index < -0.39 is 0 Å². The van der Waals surface area contributed by atoms with Gasteiger partial charge in [0.25, 0.3) is 0 Å². The molecule has 124 valence electrons. The van der Waals surface area contributed by atoms with Gasteiger partial charge in [0.05, 0.1) is 0 Å². The first-order valence-corrected chi connectivity index (χ1v) is 9.37. The minimum atomic E-state index is 0.612. The molecule has 0 heterocycles. The van der Waals surface area contributed by atoms with E-state index in [1.54, 1.807) is 0 Å².